The Morgan fingerprint density at radius 3 is 2.80 bits per heavy atom. The van der Waals surface area contributed by atoms with Gasteiger partial charge in [0.25, 0.3) is 0 Å². The summed E-state index contributed by atoms with van der Waals surface area (Å²) in [5.41, 5.74) is 1.15. The molecule has 2 aromatic rings. The molecule has 0 aliphatic rings. The van der Waals surface area contributed by atoms with Crippen molar-refractivity contribution < 1.29 is 18.0 Å². The van der Waals surface area contributed by atoms with Gasteiger partial charge < -0.3 is 5.32 Å². The Hall–Kier alpha value is -2.22. The Kier molecular flexibility index (Phi) is 4.14. The molecule has 1 N–H and O–H groups in total. The predicted octanol–water partition coefficient (Wildman–Crippen LogP) is 3.21. The van der Waals surface area contributed by atoms with Crippen LogP contribution in [0.15, 0.2) is 35.2 Å². The average molecular weight is 299 g/mol. The highest BCUT2D eigenvalue weighted by atomic mass is 32.1. The average Bonchev–Trinajstić information content (AvgIpc) is 2.89. The molecular weight excluding hydrogens is 291 g/mol. The van der Waals surface area contributed by atoms with Gasteiger partial charge in [-0.2, -0.15) is 13.2 Å². The Morgan fingerprint density at radius 2 is 2.15 bits per heavy atom. The molecule has 0 atom stereocenters. The first-order chi connectivity index (χ1) is 9.45. The van der Waals surface area contributed by atoms with Crippen LogP contribution in [-0.4, -0.2) is 15.9 Å². The zero-order valence-electron chi connectivity index (χ0n) is 9.89. The number of amides is 1. The van der Waals surface area contributed by atoms with Crippen LogP contribution in [0.1, 0.15) is 11.4 Å². The van der Waals surface area contributed by atoms with Gasteiger partial charge in [-0.1, -0.05) is 6.07 Å². The highest BCUT2D eigenvalue weighted by Gasteiger charge is 2.32. The van der Waals surface area contributed by atoms with E-state index in [0.717, 1.165) is 6.07 Å². The maximum absolute atomic E-state index is 12.4. The molecule has 0 unspecified atom stereocenters. The topological polar surface area (TPSA) is 54.9 Å². The van der Waals surface area contributed by atoms with E-state index in [1.807, 2.05) is 0 Å². The summed E-state index contributed by atoms with van der Waals surface area (Å²) in [6, 6.07) is 3.29. The van der Waals surface area contributed by atoms with Crippen molar-refractivity contribution >= 4 is 29.1 Å². The summed E-state index contributed by atoms with van der Waals surface area (Å²) in [6.45, 7) is 0. The van der Waals surface area contributed by atoms with E-state index >= 15 is 0 Å². The second kappa shape index (κ2) is 5.83. The predicted molar refractivity (Wildman–Crippen MR) is 69.0 cm³/mol. The number of thiazole rings is 1. The van der Waals surface area contributed by atoms with Crippen LogP contribution >= 0.6 is 11.3 Å². The number of aromatic nitrogens is 2. The SMILES string of the molecule is O=C(/C=C\c1cscn1)Nc1cccc(C(F)(F)F)n1. The van der Waals surface area contributed by atoms with E-state index < -0.39 is 17.8 Å². The van der Waals surface area contributed by atoms with Crippen molar-refractivity contribution in [2.75, 3.05) is 5.32 Å². The molecular formula is C12H8F3N3OS. The van der Waals surface area contributed by atoms with Crippen molar-refractivity contribution in [3.63, 3.8) is 0 Å². The largest absolute Gasteiger partial charge is 0.433 e. The Morgan fingerprint density at radius 1 is 1.35 bits per heavy atom. The molecule has 0 saturated carbocycles. The van der Waals surface area contributed by atoms with Crippen LogP contribution in [0.3, 0.4) is 0 Å². The molecule has 20 heavy (non-hydrogen) atoms. The normalized spacial score (nSPS) is 11.8. The molecule has 0 aliphatic carbocycles. The third-order valence-corrected chi connectivity index (χ3v) is 2.75. The van der Waals surface area contributed by atoms with Crippen molar-refractivity contribution in [1.82, 2.24) is 9.97 Å². The lowest BCUT2D eigenvalue weighted by atomic mass is 10.3. The minimum absolute atomic E-state index is 0.159. The van der Waals surface area contributed by atoms with Gasteiger partial charge in [0.15, 0.2) is 0 Å². The van der Waals surface area contributed by atoms with Crippen LogP contribution in [0.5, 0.6) is 0 Å². The van der Waals surface area contributed by atoms with Gasteiger partial charge in [0, 0.05) is 11.5 Å². The third-order valence-electron chi connectivity index (χ3n) is 2.15. The second-order valence-electron chi connectivity index (χ2n) is 3.64. The monoisotopic (exact) mass is 299 g/mol. The molecule has 0 fully saturated rings. The molecule has 0 radical (unpaired) electrons. The molecule has 0 aromatic carbocycles. The first-order valence-electron chi connectivity index (χ1n) is 5.36. The fraction of sp³-hybridized carbons (Fsp3) is 0.0833. The van der Waals surface area contributed by atoms with Gasteiger partial charge in [0.05, 0.1) is 11.2 Å². The van der Waals surface area contributed by atoms with Crippen molar-refractivity contribution in [2.24, 2.45) is 0 Å². The number of nitrogens with one attached hydrogen (secondary N) is 1. The highest BCUT2D eigenvalue weighted by molar-refractivity contribution is 7.07. The lowest BCUT2D eigenvalue weighted by Gasteiger charge is -2.07. The maximum atomic E-state index is 12.4. The quantitative estimate of drug-likeness (QED) is 0.885. The zero-order chi connectivity index (χ0) is 14.6. The number of carbonyl (C=O) groups excluding carboxylic acids is 1. The van der Waals surface area contributed by atoms with Gasteiger partial charge in [-0.05, 0) is 18.2 Å². The first-order valence-corrected chi connectivity index (χ1v) is 6.31. The van der Waals surface area contributed by atoms with Crippen LogP contribution in [0, 0.1) is 0 Å². The molecule has 8 heteroatoms. The molecule has 0 spiro atoms. The van der Waals surface area contributed by atoms with Crippen molar-refractivity contribution in [1.29, 1.82) is 0 Å². The Labute approximate surface area is 116 Å². The molecule has 1 amide bonds. The van der Waals surface area contributed by atoms with E-state index in [0.29, 0.717) is 5.69 Å². The minimum atomic E-state index is -4.54. The van der Waals surface area contributed by atoms with E-state index in [2.05, 4.69) is 15.3 Å². The molecule has 4 nitrogen and oxygen atoms in total. The number of hydrogen-bond donors (Lipinski definition) is 1. The summed E-state index contributed by atoms with van der Waals surface area (Å²) in [7, 11) is 0. The fourth-order valence-corrected chi connectivity index (χ4v) is 1.82. The summed E-state index contributed by atoms with van der Waals surface area (Å²) in [4.78, 5) is 18.8. The van der Waals surface area contributed by atoms with E-state index in [9.17, 15) is 18.0 Å². The summed E-state index contributed by atoms with van der Waals surface area (Å²) in [5.74, 6) is -0.738. The van der Waals surface area contributed by atoms with Crippen LogP contribution in [0.25, 0.3) is 6.08 Å². The molecule has 2 aromatic heterocycles. The lowest BCUT2D eigenvalue weighted by molar-refractivity contribution is -0.141. The Bertz CT molecular complexity index is 623. The first kappa shape index (κ1) is 14.2. The van der Waals surface area contributed by atoms with E-state index in [1.54, 1.807) is 10.9 Å². The lowest BCUT2D eigenvalue weighted by Crippen LogP contribution is -2.13. The molecule has 0 aliphatic heterocycles. The number of hydrogen-bond acceptors (Lipinski definition) is 4. The summed E-state index contributed by atoms with van der Waals surface area (Å²) in [5, 5.41) is 3.98. The van der Waals surface area contributed by atoms with Gasteiger partial charge in [-0.25, -0.2) is 9.97 Å². The number of nitrogens with zero attached hydrogens (tertiary/aromatic N) is 2. The van der Waals surface area contributed by atoms with E-state index in [-0.39, 0.29) is 5.82 Å². The number of halogens is 3. The molecule has 2 heterocycles. The number of carbonyl (C=O) groups is 1. The smallest absolute Gasteiger partial charge is 0.307 e. The van der Waals surface area contributed by atoms with Gasteiger partial charge in [0.1, 0.15) is 11.5 Å². The van der Waals surface area contributed by atoms with Crippen LogP contribution < -0.4 is 5.32 Å². The van der Waals surface area contributed by atoms with E-state index in [4.69, 9.17) is 0 Å². The Balaban J connectivity index is 2.05. The van der Waals surface area contributed by atoms with Crippen LogP contribution in [0.2, 0.25) is 0 Å². The van der Waals surface area contributed by atoms with Crippen molar-refractivity contribution in [2.45, 2.75) is 6.18 Å². The van der Waals surface area contributed by atoms with Gasteiger partial charge >= 0.3 is 6.18 Å². The number of rotatable bonds is 3. The third kappa shape index (κ3) is 3.89. The summed E-state index contributed by atoms with van der Waals surface area (Å²) >= 11 is 1.37. The fourth-order valence-electron chi connectivity index (χ4n) is 1.30. The van der Waals surface area contributed by atoms with Crippen molar-refractivity contribution in [3.05, 3.63) is 46.6 Å². The van der Waals surface area contributed by atoms with Gasteiger partial charge in [-0.3, -0.25) is 4.79 Å². The highest BCUT2D eigenvalue weighted by Crippen LogP contribution is 2.28. The molecule has 0 bridgehead atoms. The van der Waals surface area contributed by atoms with E-state index in [1.165, 1.54) is 35.6 Å². The maximum Gasteiger partial charge on any atom is 0.433 e. The second-order valence-corrected chi connectivity index (χ2v) is 4.36. The summed E-state index contributed by atoms with van der Waals surface area (Å²) in [6.07, 6.45) is -1.91. The standard InChI is InChI=1S/C12H8F3N3OS/c13-12(14,15)9-2-1-3-10(17-9)18-11(19)5-4-8-6-20-7-16-8/h1-7H,(H,17,18,19)/b5-4-. The summed E-state index contributed by atoms with van der Waals surface area (Å²) < 4.78 is 37.3. The van der Waals surface area contributed by atoms with Crippen LogP contribution in [-0.2, 0) is 11.0 Å². The van der Waals surface area contributed by atoms with Gasteiger partial charge in [-0.15, -0.1) is 11.3 Å². The minimum Gasteiger partial charge on any atom is -0.307 e. The van der Waals surface area contributed by atoms with Crippen LogP contribution in [0.4, 0.5) is 19.0 Å². The molecule has 104 valence electrons. The van der Waals surface area contributed by atoms with Crippen molar-refractivity contribution in [3.8, 4) is 0 Å². The van der Waals surface area contributed by atoms with Gasteiger partial charge in [0.2, 0.25) is 5.91 Å². The molecule has 2 rings (SSSR count). The molecule has 0 saturated heterocycles. The number of pyridine rings is 1. The zero-order valence-corrected chi connectivity index (χ0v) is 10.7. The number of anilines is 1. The number of alkyl halides is 3.